The van der Waals surface area contributed by atoms with E-state index < -0.39 is 0 Å². The van der Waals surface area contributed by atoms with Gasteiger partial charge in [-0.25, -0.2) is 4.98 Å². The van der Waals surface area contributed by atoms with E-state index in [1.165, 1.54) is 0 Å². The van der Waals surface area contributed by atoms with Gasteiger partial charge in [-0.2, -0.15) is 5.10 Å². The molecule has 0 unspecified atom stereocenters. The van der Waals surface area contributed by atoms with Gasteiger partial charge in [0.2, 0.25) is 5.91 Å². The Kier molecular flexibility index (Phi) is 4.03. The lowest BCUT2D eigenvalue weighted by Gasteiger charge is -2.19. The van der Waals surface area contributed by atoms with Gasteiger partial charge in [-0.15, -0.1) is 0 Å². The van der Waals surface area contributed by atoms with Crippen LogP contribution in [0.3, 0.4) is 0 Å². The number of hydrogen-bond donors (Lipinski definition) is 0. The molecular formula is C15H21N5O. The van der Waals surface area contributed by atoms with E-state index >= 15 is 0 Å². The first kappa shape index (κ1) is 13.9. The number of carbonyl (C=O) groups excluding carboxylic acids is 1. The van der Waals surface area contributed by atoms with Crippen molar-refractivity contribution in [3.63, 3.8) is 0 Å². The summed E-state index contributed by atoms with van der Waals surface area (Å²) in [5, 5.41) is 4.24. The number of nitrogens with zero attached hydrogens (tertiary/aromatic N) is 5. The molecule has 0 spiro atoms. The summed E-state index contributed by atoms with van der Waals surface area (Å²) in [6.07, 6.45) is 8.04. The third-order valence-corrected chi connectivity index (χ3v) is 3.92. The minimum Gasteiger partial charge on any atom is -0.340 e. The Labute approximate surface area is 124 Å². The zero-order chi connectivity index (χ0) is 14.7. The number of hydrogen-bond acceptors (Lipinski definition) is 3. The number of aromatic nitrogens is 4. The molecule has 112 valence electrons. The van der Waals surface area contributed by atoms with Crippen LogP contribution >= 0.6 is 0 Å². The van der Waals surface area contributed by atoms with Gasteiger partial charge in [-0.05, 0) is 12.5 Å². The molecule has 0 saturated carbocycles. The molecule has 0 aromatic carbocycles. The zero-order valence-corrected chi connectivity index (χ0v) is 12.4. The SMILES string of the molecule is CCCC(=O)N1CCc2ncc(Cn3cccn3)n2CC1. The maximum atomic E-state index is 12.0. The second kappa shape index (κ2) is 6.11. The van der Waals surface area contributed by atoms with Crippen molar-refractivity contribution in [1.29, 1.82) is 0 Å². The number of amides is 1. The molecule has 3 rings (SSSR count). The van der Waals surface area contributed by atoms with Gasteiger partial charge in [0.15, 0.2) is 0 Å². The van der Waals surface area contributed by atoms with Crippen molar-refractivity contribution in [3.05, 3.63) is 36.2 Å². The van der Waals surface area contributed by atoms with Crippen LogP contribution in [-0.2, 0) is 24.3 Å². The number of carbonyl (C=O) groups is 1. The quantitative estimate of drug-likeness (QED) is 0.852. The van der Waals surface area contributed by atoms with Crippen molar-refractivity contribution in [2.24, 2.45) is 0 Å². The van der Waals surface area contributed by atoms with E-state index in [0.717, 1.165) is 50.5 Å². The van der Waals surface area contributed by atoms with Crippen molar-refractivity contribution >= 4 is 5.91 Å². The lowest BCUT2D eigenvalue weighted by molar-refractivity contribution is -0.131. The van der Waals surface area contributed by atoms with Gasteiger partial charge in [0.25, 0.3) is 0 Å². The van der Waals surface area contributed by atoms with Gasteiger partial charge in [0, 0.05) is 44.9 Å². The van der Waals surface area contributed by atoms with E-state index in [2.05, 4.69) is 14.6 Å². The summed E-state index contributed by atoms with van der Waals surface area (Å²) in [6.45, 7) is 5.14. The lowest BCUT2D eigenvalue weighted by atomic mass is 10.3. The highest BCUT2D eigenvalue weighted by atomic mass is 16.2. The van der Waals surface area contributed by atoms with Crippen molar-refractivity contribution in [3.8, 4) is 0 Å². The molecule has 1 aliphatic heterocycles. The van der Waals surface area contributed by atoms with E-state index in [9.17, 15) is 4.79 Å². The predicted octanol–water partition coefficient (Wildman–Crippen LogP) is 1.31. The largest absolute Gasteiger partial charge is 0.340 e. The molecule has 3 heterocycles. The van der Waals surface area contributed by atoms with E-state index in [-0.39, 0.29) is 5.91 Å². The van der Waals surface area contributed by atoms with Crippen molar-refractivity contribution in [1.82, 2.24) is 24.2 Å². The van der Waals surface area contributed by atoms with Crippen molar-refractivity contribution < 1.29 is 4.79 Å². The fourth-order valence-corrected chi connectivity index (χ4v) is 2.80. The minimum absolute atomic E-state index is 0.261. The summed E-state index contributed by atoms with van der Waals surface area (Å²) in [4.78, 5) is 18.5. The molecule has 1 amide bonds. The Morgan fingerprint density at radius 1 is 1.33 bits per heavy atom. The molecule has 2 aromatic rings. The fourth-order valence-electron chi connectivity index (χ4n) is 2.80. The minimum atomic E-state index is 0.261. The van der Waals surface area contributed by atoms with Gasteiger partial charge in [-0.1, -0.05) is 6.92 Å². The summed E-state index contributed by atoms with van der Waals surface area (Å²) in [6, 6.07) is 1.92. The molecule has 1 aliphatic rings. The zero-order valence-electron chi connectivity index (χ0n) is 12.4. The van der Waals surface area contributed by atoms with Gasteiger partial charge < -0.3 is 9.47 Å². The maximum absolute atomic E-state index is 12.0. The molecule has 6 nitrogen and oxygen atoms in total. The molecular weight excluding hydrogens is 266 g/mol. The topological polar surface area (TPSA) is 56.0 Å². The standard InChI is InChI=1S/C15H21N5O/c1-2-4-15(21)18-8-5-14-16-11-13(20(14)10-9-18)12-19-7-3-6-17-19/h3,6-7,11H,2,4-5,8-10,12H2,1H3. The number of fused-ring (bicyclic) bond motifs is 1. The highest BCUT2D eigenvalue weighted by molar-refractivity contribution is 5.76. The fraction of sp³-hybridized carbons (Fsp3) is 0.533. The molecule has 0 fully saturated rings. The van der Waals surface area contributed by atoms with E-state index in [1.54, 1.807) is 6.20 Å². The average Bonchev–Trinajstić information content (AvgIpc) is 3.06. The average molecular weight is 287 g/mol. The Hall–Kier alpha value is -2.11. The highest BCUT2D eigenvalue weighted by Gasteiger charge is 2.20. The Bertz CT molecular complexity index is 602. The molecule has 2 aromatic heterocycles. The first-order chi connectivity index (χ1) is 10.3. The van der Waals surface area contributed by atoms with Crippen LogP contribution in [0.5, 0.6) is 0 Å². The molecule has 0 radical (unpaired) electrons. The van der Waals surface area contributed by atoms with Crippen molar-refractivity contribution in [2.75, 3.05) is 13.1 Å². The normalized spacial score (nSPS) is 14.8. The van der Waals surface area contributed by atoms with Crippen LogP contribution in [0.4, 0.5) is 0 Å². The molecule has 21 heavy (non-hydrogen) atoms. The second-order valence-corrected chi connectivity index (χ2v) is 5.40. The monoisotopic (exact) mass is 287 g/mol. The van der Waals surface area contributed by atoms with E-state index in [0.29, 0.717) is 6.42 Å². The van der Waals surface area contributed by atoms with Crippen LogP contribution in [0.25, 0.3) is 0 Å². The number of imidazole rings is 1. The summed E-state index contributed by atoms with van der Waals surface area (Å²) in [5.74, 6) is 1.33. The van der Waals surface area contributed by atoms with Gasteiger partial charge in [0.1, 0.15) is 5.82 Å². The third kappa shape index (κ3) is 2.99. The van der Waals surface area contributed by atoms with Crippen LogP contribution in [0.15, 0.2) is 24.7 Å². The van der Waals surface area contributed by atoms with Crippen LogP contribution in [0, 0.1) is 0 Å². The Balaban J connectivity index is 1.72. The van der Waals surface area contributed by atoms with Crippen molar-refractivity contribution in [2.45, 2.75) is 39.3 Å². The highest BCUT2D eigenvalue weighted by Crippen LogP contribution is 2.13. The predicted molar refractivity (Wildman–Crippen MR) is 78.7 cm³/mol. The molecule has 6 heteroatoms. The summed E-state index contributed by atoms with van der Waals surface area (Å²) >= 11 is 0. The summed E-state index contributed by atoms with van der Waals surface area (Å²) in [7, 11) is 0. The summed E-state index contributed by atoms with van der Waals surface area (Å²) < 4.78 is 4.14. The molecule has 0 saturated heterocycles. The first-order valence-electron chi connectivity index (χ1n) is 7.56. The molecule has 0 aliphatic carbocycles. The Morgan fingerprint density at radius 2 is 2.24 bits per heavy atom. The van der Waals surface area contributed by atoms with E-state index in [4.69, 9.17) is 0 Å². The van der Waals surface area contributed by atoms with Gasteiger partial charge >= 0.3 is 0 Å². The van der Waals surface area contributed by atoms with Gasteiger partial charge in [0.05, 0.1) is 18.4 Å². The van der Waals surface area contributed by atoms with Crippen LogP contribution < -0.4 is 0 Å². The molecule has 0 N–H and O–H groups in total. The smallest absolute Gasteiger partial charge is 0.222 e. The Morgan fingerprint density at radius 3 is 3.00 bits per heavy atom. The van der Waals surface area contributed by atoms with Crippen LogP contribution in [-0.4, -0.2) is 43.2 Å². The molecule has 0 atom stereocenters. The second-order valence-electron chi connectivity index (χ2n) is 5.40. The van der Waals surface area contributed by atoms with E-state index in [1.807, 2.05) is 35.0 Å². The van der Waals surface area contributed by atoms with Gasteiger partial charge in [-0.3, -0.25) is 9.48 Å². The maximum Gasteiger partial charge on any atom is 0.222 e. The number of rotatable bonds is 4. The van der Waals surface area contributed by atoms with Crippen LogP contribution in [0.2, 0.25) is 0 Å². The molecule has 0 bridgehead atoms. The summed E-state index contributed by atoms with van der Waals surface area (Å²) in [5.41, 5.74) is 1.15. The lowest BCUT2D eigenvalue weighted by Crippen LogP contribution is -2.33. The third-order valence-electron chi connectivity index (χ3n) is 3.92. The first-order valence-corrected chi connectivity index (χ1v) is 7.56. The van der Waals surface area contributed by atoms with Crippen LogP contribution in [0.1, 0.15) is 31.3 Å².